The molecule has 0 aromatic heterocycles. The van der Waals surface area contributed by atoms with Gasteiger partial charge < -0.3 is 24.8 Å². The summed E-state index contributed by atoms with van der Waals surface area (Å²) in [5, 5.41) is 2.78. The van der Waals surface area contributed by atoms with E-state index >= 15 is 0 Å². The Kier molecular flexibility index (Phi) is 13.6. The number of halogens is 2. The Morgan fingerprint density at radius 2 is 0.985 bits per heavy atom. The molecule has 0 spiro atoms. The van der Waals surface area contributed by atoms with E-state index < -0.39 is 28.2 Å². The number of hydrogen-bond donors (Lipinski definition) is 0. The van der Waals surface area contributed by atoms with E-state index in [0.29, 0.717) is 0 Å². The van der Waals surface area contributed by atoms with Gasteiger partial charge in [-0.15, -0.1) is 0 Å². The Morgan fingerprint density at radius 1 is 0.500 bits per heavy atom. The first-order valence-electron chi connectivity index (χ1n) is 22.8. The second kappa shape index (κ2) is 19.1. The molecule has 0 saturated carbocycles. The molecule has 3 aliphatic carbocycles. The average molecular weight is 974 g/mol. The second-order valence-electron chi connectivity index (χ2n) is 19.5. The van der Waals surface area contributed by atoms with Crippen molar-refractivity contribution in [3.8, 4) is 11.1 Å². The smallest absolute Gasteiger partial charge is 1.00 e. The fourth-order valence-electron chi connectivity index (χ4n) is 10.7. The molecule has 3 heteroatoms. The van der Waals surface area contributed by atoms with Gasteiger partial charge in [-0.1, -0.05) is 0 Å². The largest absolute Gasteiger partial charge is 1.00 e. The molecule has 325 valence electrons. The molecular formula is C63H55Cl2Zr. The molecular weight excluding hydrogens is 919 g/mol. The topological polar surface area (TPSA) is 0 Å². The van der Waals surface area contributed by atoms with Crippen molar-refractivity contribution in [2.75, 3.05) is 0 Å². The van der Waals surface area contributed by atoms with E-state index in [0.717, 1.165) is 6.42 Å². The summed E-state index contributed by atoms with van der Waals surface area (Å²) < 4.78 is 3.06. The zero-order chi connectivity index (χ0) is 44.1. The summed E-state index contributed by atoms with van der Waals surface area (Å²) in [7, 11) is 0. The molecule has 0 radical (unpaired) electrons. The Balaban J connectivity index is 0.00000296. The maximum Gasteiger partial charge on any atom is -1.00 e. The van der Waals surface area contributed by atoms with Crippen LogP contribution >= 0.6 is 0 Å². The predicted octanol–water partition coefficient (Wildman–Crippen LogP) is 8.07. The van der Waals surface area contributed by atoms with Crippen molar-refractivity contribution in [1.82, 2.24) is 0 Å². The van der Waals surface area contributed by atoms with Gasteiger partial charge in [-0.2, -0.15) is 0 Å². The third kappa shape index (κ3) is 8.13. The van der Waals surface area contributed by atoms with Gasteiger partial charge in [0.25, 0.3) is 0 Å². The summed E-state index contributed by atoms with van der Waals surface area (Å²) in [5.41, 5.74) is 17.9. The van der Waals surface area contributed by atoms with E-state index in [1.54, 1.807) is 3.28 Å². The number of rotatable bonds is 8. The molecule has 0 amide bonds. The van der Waals surface area contributed by atoms with Crippen molar-refractivity contribution in [2.24, 2.45) is 5.41 Å². The summed E-state index contributed by atoms with van der Waals surface area (Å²) in [4.78, 5) is 0. The first-order chi connectivity index (χ1) is 31.1. The standard InChI is InChI=1S/C50H45.C13H10.2ClH.Zr/c1-48(2,3)40-31-38-32-42-45(43(38)41(33-40)34-21-11-7-12-22-34)44(35-23-13-8-14-24-35)47(37-25-15-9-16-26-37)50(49(4,5)6,39-29-17-10-18-30-39)46(42)36-27-19-20-28-36;1-3-7-12(8-4-1)11-13-9-5-2-6-10-13;;;/h7-27,29-31,33H,28H2,1-6H3;1-10H;2*1H;/q;;;;+2/p-2. The summed E-state index contributed by atoms with van der Waals surface area (Å²) in [6, 6.07) is 73.3. The Labute approximate surface area is 415 Å². The van der Waals surface area contributed by atoms with E-state index in [-0.39, 0.29) is 35.6 Å². The van der Waals surface area contributed by atoms with Gasteiger partial charge in [-0.05, 0) is 0 Å². The van der Waals surface area contributed by atoms with Crippen molar-refractivity contribution < 1.29 is 47.6 Å². The third-order valence-corrected chi connectivity index (χ3v) is 17.5. The monoisotopic (exact) mass is 971 g/mol. The van der Waals surface area contributed by atoms with Crippen LogP contribution in [0.15, 0.2) is 229 Å². The van der Waals surface area contributed by atoms with Crippen LogP contribution in [-0.2, 0) is 33.6 Å². The van der Waals surface area contributed by atoms with E-state index in [4.69, 9.17) is 0 Å². The minimum Gasteiger partial charge on any atom is -1.00 e. The Bertz CT molecular complexity index is 3140. The van der Waals surface area contributed by atoms with E-state index in [2.05, 4.69) is 254 Å². The fourth-order valence-corrected chi connectivity index (χ4v) is 14.6. The average Bonchev–Trinajstić information content (AvgIpc) is 3.97. The third-order valence-electron chi connectivity index (χ3n) is 13.5. The van der Waals surface area contributed by atoms with Crippen LogP contribution in [0.5, 0.6) is 0 Å². The van der Waals surface area contributed by atoms with Gasteiger partial charge in [-0.25, -0.2) is 0 Å². The first-order valence-corrected chi connectivity index (χ1v) is 25.3. The minimum atomic E-state index is -1.70. The number of fused-ring (bicyclic) bond motifs is 2. The molecule has 0 nitrogen and oxygen atoms in total. The molecule has 66 heavy (non-hydrogen) atoms. The molecule has 0 heterocycles. The first kappa shape index (κ1) is 47.1. The number of benzene rings is 7. The molecule has 0 fully saturated rings. The zero-order valence-corrected chi connectivity index (χ0v) is 42.6. The molecule has 1 atom stereocenters. The van der Waals surface area contributed by atoms with E-state index in [1.807, 2.05) is 0 Å². The van der Waals surface area contributed by atoms with Gasteiger partial charge >= 0.3 is 394 Å². The molecule has 10 rings (SSSR count). The van der Waals surface area contributed by atoms with Crippen molar-refractivity contribution in [3.05, 3.63) is 273 Å². The predicted molar refractivity (Wildman–Crippen MR) is 269 cm³/mol. The van der Waals surface area contributed by atoms with Gasteiger partial charge in [0.05, 0.1) is 0 Å². The van der Waals surface area contributed by atoms with E-state index in [9.17, 15) is 0 Å². The van der Waals surface area contributed by atoms with Crippen molar-refractivity contribution in [1.29, 1.82) is 0 Å². The van der Waals surface area contributed by atoms with Crippen LogP contribution in [0, 0.1) is 5.41 Å². The van der Waals surface area contributed by atoms with Gasteiger partial charge in [-0.3, -0.25) is 0 Å². The molecule has 7 aromatic carbocycles. The number of hydrogen-bond acceptors (Lipinski definition) is 0. The summed E-state index contributed by atoms with van der Waals surface area (Å²) in [6.45, 7) is 14.6. The quantitative estimate of drug-likeness (QED) is 0.145. The molecule has 3 aliphatic rings. The van der Waals surface area contributed by atoms with Gasteiger partial charge in [0, 0.05) is 0 Å². The molecule has 0 aliphatic heterocycles. The van der Waals surface area contributed by atoms with Crippen LogP contribution in [0.3, 0.4) is 0 Å². The van der Waals surface area contributed by atoms with Crippen LogP contribution in [-0.4, -0.2) is 3.21 Å². The van der Waals surface area contributed by atoms with Gasteiger partial charge in [0.2, 0.25) is 0 Å². The normalized spacial score (nSPS) is 16.5. The number of allylic oxidation sites excluding steroid dienone is 8. The molecule has 0 N–H and O–H groups in total. The van der Waals surface area contributed by atoms with Crippen molar-refractivity contribution in [2.45, 2.75) is 58.8 Å². The van der Waals surface area contributed by atoms with Crippen LogP contribution in [0.1, 0.15) is 81.3 Å². The maximum atomic E-state index is 2.62. The summed E-state index contributed by atoms with van der Waals surface area (Å²) in [5.74, 6) is 0. The summed E-state index contributed by atoms with van der Waals surface area (Å²) >= 11 is -1.70. The molecule has 0 saturated heterocycles. The zero-order valence-electron chi connectivity index (χ0n) is 38.7. The van der Waals surface area contributed by atoms with Gasteiger partial charge in [0.15, 0.2) is 0 Å². The fraction of sp³-hybridized carbons (Fsp3) is 0.159. The molecule has 1 unspecified atom stereocenters. The minimum absolute atomic E-state index is 0. The van der Waals surface area contributed by atoms with Crippen LogP contribution < -0.4 is 35.3 Å². The Morgan fingerprint density at radius 3 is 1.47 bits per heavy atom. The maximum absolute atomic E-state index is 2.62. The van der Waals surface area contributed by atoms with Crippen LogP contribution in [0.2, 0.25) is 0 Å². The van der Waals surface area contributed by atoms with Crippen LogP contribution in [0.4, 0.5) is 0 Å². The Hall–Kier alpha value is -5.43. The second-order valence-corrected chi connectivity index (χ2v) is 22.5. The van der Waals surface area contributed by atoms with E-state index in [1.165, 1.54) is 91.6 Å². The van der Waals surface area contributed by atoms with Crippen molar-refractivity contribution >= 4 is 23.2 Å². The summed E-state index contributed by atoms with van der Waals surface area (Å²) in [6.07, 6.45) is 8.02. The molecule has 0 bridgehead atoms. The van der Waals surface area contributed by atoms with Crippen LogP contribution in [0.25, 0.3) is 31.1 Å². The van der Waals surface area contributed by atoms with Gasteiger partial charge in [0.1, 0.15) is 0 Å². The molecule has 7 aromatic rings. The van der Waals surface area contributed by atoms with Crippen molar-refractivity contribution in [3.63, 3.8) is 0 Å². The SMILES string of the molecule is CC(C)(C)c1cc(-c2ccccc2)c2c(c1)=[C]([Zr+2]=[C](c1ccccc1)c1ccccc1)C1=C(C3=CC=CC3)C(c3ccccc3)(C(C)(C)C)C(c3ccccc3)=C(c3ccccc3)C=21.[Cl-].[Cl-].